The van der Waals surface area contributed by atoms with Gasteiger partial charge in [0.15, 0.2) is 0 Å². The molecule has 0 atom stereocenters. The number of rotatable bonds is 0. The Morgan fingerprint density at radius 2 is 1.64 bits per heavy atom. The van der Waals surface area contributed by atoms with Crippen LogP contribution in [0.1, 0.15) is 12.5 Å². The summed E-state index contributed by atoms with van der Waals surface area (Å²) in [5.74, 6) is 2.28. The van der Waals surface area contributed by atoms with Crippen LogP contribution in [0.25, 0.3) is 0 Å². The van der Waals surface area contributed by atoms with Gasteiger partial charge in [-0.3, -0.25) is 5.92 Å². The zero-order valence-electron chi connectivity index (χ0n) is 6.80. The normalized spacial score (nSPS) is 6.27. The van der Waals surface area contributed by atoms with Gasteiger partial charge in [0, 0.05) is 0 Å². The smallest absolute Gasteiger partial charge is 0.366 e. The second-order valence-corrected chi connectivity index (χ2v) is 1.49. The zero-order valence-corrected chi connectivity index (χ0v) is 9.77. The van der Waals surface area contributed by atoms with Gasteiger partial charge in [0.05, 0.1) is 0 Å². The van der Waals surface area contributed by atoms with E-state index < -0.39 is 0 Å². The van der Waals surface area contributed by atoms with Gasteiger partial charge in [-0.2, -0.15) is 6.92 Å². The van der Waals surface area contributed by atoms with Gasteiger partial charge in [0.25, 0.3) is 0 Å². The van der Waals surface area contributed by atoms with Crippen LogP contribution in [0.15, 0.2) is 30.3 Å². The van der Waals surface area contributed by atoms with Gasteiger partial charge < -0.3 is 13.3 Å². The van der Waals surface area contributed by atoms with Crippen molar-refractivity contribution in [2.24, 2.45) is 0 Å². The van der Waals surface area contributed by atoms with Crippen molar-refractivity contribution in [3.05, 3.63) is 49.2 Å². The molecule has 0 saturated carbocycles. The quantitative estimate of drug-likeness (QED) is 0.339. The van der Waals surface area contributed by atoms with Gasteiger partial charge in [-0.1, -0.05) is 18.2 Å². The van der Waals surface area contributed by atoms with Crippen molar-refractivity contribution in [3.63, 3.8) is 0 Å². The summed E-state index contributed by atoms with van der Waals surface area (Å²) in [5.41, 5.74) is 0.826. The molecule has 0 N–H and O–H groups in total. The van der Waals surface area contributed by atoms with Crippen molar-refractivity contribution in [3.8, 4) is 5.92 Å². The largest absolute Gasteiger partial charge is 2.00 e. The molecular weight excluding hydrogens is 185 g/mol. The molecule has 0 spiro atoms. The van der Waals surface area contributed by atoms with E-state index in [-0.39, 0.29) is 19.5 Å². The molecule has 0 heterocycles. The van der Waals surface area contributed by atoms with Gasteiger partial charge >= 0.3 is 19.5 Å². The van der Waals surface area contributed by atoms with Crippen LogP contribution in [-0.2, 0) is 19.5 Å². The molecule has 1 aromatic carbocycles. The summed E-state index contributed by atoms with van der Waals surface area (Å²) in [7, 11) is 0. The third-order valence-corrected chi connectivity index (χ3v) is 0.918. The van der Waals surface area contributed by atoms with Crippen LogP contribution in [0.2, 0.25) is 0 Å². The molecule has 0 amide bonds. The summed E-state index contributed by atoms with van der Waals surface area (Å²) < 4.78 is 0. The number of hydrogen-bond acceptors (Lipinski definition) is 0. The van der Waals surface area contributed by atoms with Crippen LogP contribution >= 0.6 is 0 Å². The minimum absolute atomic E-state index is 0. The second-order valence-electron chi connectivity index (χ2n) is 1.49. The van der Waals surface area contributed by atoms with Crippen molar-refractivity contribution in [2.75, 3.05) is 0 Å². The molecular formula is C10H10Zn. The molecule has 0 aliphatic carbocycles. The molecule has 0 aromatic heterocycles. The fourth-order valence-corrected chi connectivity index (χ4v) is 0.521. The average Bonchev–Trinajstić information content (AvgIpc) is 2.10. The Kier molecular flexibility index (Phi) is 11.1. The van der Waals surface area contributed by atoms with Crippen molar-refractivity contribution in [1.82, 2.24) is 0 Å². The molecule has 1 aromatic rings. The minimum atomic E-state index is 0. The van der Waals surface area contributed by atoms with E-state index in [9.17, 15) is 0 Å². The van der Waals surface area contributed by atoms with E-state index in [4.69, 9.17) is 6.42 Å². The third-order valence-electron chi connectivity index (χ3n) is 0.918. The Balaban J connectivity index is 0. The molecule has 0 unspecified atom stereocenters. The molecule has 0 radical (unpaired) electrons. The molecule has 0 fully saturated rings. The Morgan fingerprint density at radius 1 is 1.18 bits per heavy atom. The van der Waals surface area contributed by atoms with Gasteiger partial charge in [0.2, 0.25) is 0 Å². The zero-order chi connectivity index (χ0) is 7.82. The third kappa shape index (κ3) is 5.83. The fraction of sp³-hybridized carbons (Fsp3) is 0.100. The van der Waals surface area contributed by atoms with Gasteiger partial charge in [0.1, 0.15) is 0 Å². The fourth-order valence-electron chi connectivity index (χ4n) is 0.521. The van der Waals surface area contributed by atoms with Crippen molar-refractivity contribution in [1.29, 1.82) is 0 Å². The standard InChI is InChI=1S/C8H5.C2H5.Zn/c1-2-8-6-4-3-5-7-8;1-2;/h3-7H;1H2,2H3;/q2*-1;+2. The Labute approximate surface area is 81.8 Å². The van der Waals surface area contributed by atoms with Gasteiger partial charge in [-0.25, -0.2) is 0 Å². The summed E-state index contributed by atoms with van der Waals surface area (Å²) in [6, 6.07) is 9.37. The average molecular weight is 196 g/mol. The molecule has 52 valence electrons. The molecule has 0 saturated heterocycles. The Bertz CT molecular complexity index is 196. The van der Waals surface area contributed by atoms with E-state index in [0.717, 1.165) is 5.56 Å². The van der Waals surface area contributed by atoms with E-state index in [1.54, 1.807) is 6.92 Å². The van der Waals surface area contributed by atoms with Crippen LogP contribution in [-0.4, -0.2) is 0 Å². The maximum absolute atomic E-state index is 6.69. The predicted octanol–water partition coefficient (Wildman–Crippen LogP) is 2.46. The summed E-state index contributed by atoms with van der Waals surface area (Å²) in [4.78, 5) is 0. The van der Waals surface area contributed by atoms with Crippen molar-refractivity contribution < 1.29 is 19.5 Å². The first kappa shape index (κ1) is 13.0. The number of benzene rings is 1. The van der Waals surface area contributed by atoms with E-state index in [1.807, 2.05) is 30.3 Å². The van der Waals surface area contributed by atoms with Crippen molar-refractivity contribution >= 4 is 0 Å². The summed E-state index contributed by atoms with van der Waals surface area (Å²) in [5, 5.41) is 0. The Hall–Kier alpha value is -0.597. The maximum atomic E-state index is 6.69. The van der Waals surface area contributed by atoms with Crippen LogP contribution in [0, 0.1) is 19.3 Å². The van der Waals surface area contributed by atoms with E-state index >= 15 is 0 Å². The minimum Gasteiger partial charge on any atom is -0.366 e. The van der Waals surface area contributed by atoms with Crippen LogP contribution in [0.4, 0.5) is 0 Å². The first-order chi connectivity index (χ1) is 4.93. The van der Waals surface area contributed by atoms with Crippen LogP contribution in [0.3, 0.4) is 0 Å². The Morgan fingerprint density at radius 3 is 1.91 bits per heavy atom. The van der Waals surface area contributed by atoms with Crippen molar-refractivity contribution in [2.45, 2.75) is 6.92 Å². The molecule has 1 heteroatoms. The van der Waals surface area contributed by atoms with Crippen LogP contribution in [0.5, 0.6) is 0 Å². The molecule has 0 bridgehead atoms. The number of hydrogen-bond donors (Lipinski definition) is 0. The molecule has 11 heavy (non-hydrogen) atoms. The second kappa shape index (κ2) is 9.40. The van der Waals surface area contributed by atoms with Crippen LogP contribution < -0.4 is 0 Å². The molecule has 1 rings (SSSR count). The molecule has 0 aliphatic heterocycles. The predicted molar refractivity (Wildman–Crippen MR) is 43.7 cm³/mol. The SMILES string of the molecule is [C-]#Cc1ccccc1.[CH2-]C.[Zn+2]. The topological polar surface area (TPSA) is 0 Å². The molecule has 0 aliphatic rings. The van der Waals surface area contributed by atoms with E-state index in [0.29, 0.717) is 0 Å². The van der Waals surface area contributed by atoms with Gasteiger partial charge in [-0.15, -0.1) is 17.7 Å². The summed E-state index contributed by atoms with van der Waals surface area (Å²) >= 11 is 0. The van der Waals surface area contributed by atoms with E-state index in [2.05, 4.69) is 12.8 Å². The first-order valence-corrected chi connectivity index (χ1v) is 3.12. The summed E-state index contributed by atoms with van der Waals surface area (Å²) in [6.07, 6.45) is 6.69. The van der Waals surface area contributed by atoms with E-state index in [1.165, 1.54) is 0 Å². The monoisotopic (exact) mass is 194 g/mol. The first-order valence-electron chi connectivity index (χ1n) is 3.12. The summed E-state index contributed by atoms with van der Waals surface area (Å²) in [6.45, 7) is 5.00. The van der Waals surface area contributed by atoms with Gasteiger partial charge in [-0.05, 0) is 0 Å². The molecule has 0 nitrogen and oxygen atoms in total. The maximum Gasteiger partial charge on any atom is 2.00 e.